The molecule has 0 unspecified atom stereocenters. The number of halogens is 2. The van der Waals surface area contributed by atoms with Gasteiger partial charge < -0.3 is 10.0 Å². The summed E-state index contributed by atoms with van der Waals surface area (Å²) in [7, 11) is 0. The van der Waals surface area contributed by atoms with Gasteiger partial charge in [-0.1, -0.05) is 0 Å². The largest absolute Gasteiger partial charge is 0.478 e. The molecule has 2 aliphatic rings. The van der Waals surface area contributed by atoms with Gasteiger partial charge in [0.05, 0.1) is 11.3 Å². The Balaban J connectivity index is 1.93. The zero-order valence-electron chi connectivity index (χ0n) is 10.4. The van der Waals surface area contributed by atoms with Crippen molar-refractivity contribution in [2.75, 3.05) is 11.4 Å². The van der Waals surface area contributed by atoms with Crippen LogP contribution in [0, 0.1) is 17.6 Å². The monoisotopic (exact) mass is 267 g/mol. The van der Waals surface area contributed by atoms with Crippen LogP contribution in [0.3, 0.4) is 0 Å². The lowest BCUT2D eigenvalue weighted by atomic mass is 10.1. The molecule has 0 aromatic heterocycles. The average Bonchev–Trinajstić information content (AvgIpc) is 3.24. The van der Waals surface area contributed by atoms with E-state index in [4.69, 9.17) is 5.11 Å². The molecule has 3 nitrogen and oxygen atoms in total. The third-order valence-corrected chi connectivity index (χ3v) is 3.74. The van der Waals surface area contributed by atoms with E-state index in [-0.39, 0.29) is 11.7 Å². The second-order valence-corrected chi connectivity index (χ2v) is 5.39. The van der Waals surface area contributed by atoms with Crippen LogP contribution in [-0.2, 0) is 0 Å². The van der Waals surface area contributed by atoms with Crippen LogP contribution in [0.1, 0.15) is 36.0 Å². The Kier molecular flexibility index (Phi) is 2.92. The van der Waals surface area contributed by atoms with Gasteiger partial charge in [0.1, 0.15) is 0 Å². The maximum absolute atomic E-state index is 14.1. The first-order chi connectivity index (χ1) is 9.08. The normalized spacial score (nSPS) is 18.4. The number of hydrogen-bond acceptors (Lipinski definition) is 2. The van der Waals surface area contributed by atoms with E-state index >= 15 is 0 Å². The molecule has 5 heteroatoms. The molecule has 0 saturated heterocycles. The van der Waals surface area contributed by atoms with Crippen molar-refractivity contribution in [1.29, 1.82) is 0 Å². The molecular weight excluding hydrogens is 252 g/mol. The van der Waals surface area contributed by atoms with Crippen LogP contribution >= 0.6 is 0 Å². The first-order valence-corrected chi connectivity index (χ1v) is 6.56. The summed E-state index contributed by atoms with van der Waals surface area (Å²) < 4.78 is 27.8. The zero-order chi connectivity index (χ0) is 13.6. The van der Waals surface area contributed by atoms with Crippen LogP contribution in [-0.4, -0.2) is 23.7 Å². The molecule has 2 fully saturated rings. The molecule has 0 spiro atoms. The summed E-state index contributed by atoms with van der Waals surface area (Å²) in [4.78, 5) is 12.7. The third-order valence-electron chi connectivity index (χ3n) is 3.74. The van der Waals surface area contributed by atoms with Gasteiger partial charge in [0.25, 0.3) is 0 Å². The van der Waals surface area contributed by atoms with Crippen molar-refractivity contribution in [2.45, 2.75) is 31.7 Å². The minimum atomic E-state index is -1.44. The van der Waals surface area contributed by atoms with Crippen molar-refractivity contribution < 1.29 is 18.7 Å². The van der Waals surface area contributed by atoms with Crippen LogP contribution < -0.4 is 4.90 Å². The summed E-state index contributed by atoms with van der Waals surface area (Å²) in [6, 6.07) is 2.83. The summed E-state index contributed by atoms with van der Waals surface area (Å²) in [5, 5.41) is 8.78. The van der Waals surface area contributed by atoms with Gasteiger partial charge in [-0.15, -0.1) is 0 Å². The van der Waals surface area contributed by atoms with E-state index in [1.807, 2.05) is 4.90 Å². The third kappa shape index (κ3) is 2.41. The van der Waals surface area contributed by atoms with Gasteiger partial charge in [0, 0.05) is 12.6 Å². The SMILES string of the molecule is O=C(O)c1ccc(N(CC2CC2)C2CC2)c(F)c1F. The maximum Gasteiger partial charge on any atom is 0.338 e. The number of benzene rings is 1. The van der Waals surface area contributed by atoms with E-state index < -0.39 is 23.2 Å². The summed E-state index contributed by atoms with van der Waals surface area (Å²) in [6.07, 6.45) is 4.27. The molecule has 0 bridgehead atoms. The van der Waals surface area contributed by atoms with Gasteiger partial charge >= 0.3 is 5.97 Å². The number of carbonyl (C=O) groups is 1. The smallest absolute Gasteiger partial charge is 0.338 e. The number of aromatic carboxylic acids is 1. The van der Waals surface area contributed by atoms with Gasteiger partial charge in [-0.25, -0.2) is 13.6 Å². The predicted octanol–water partition coefficient (Wildman–Crippen LogP) is 3.04. The Morgan fingerprint density at radius 1 is 1.21 bits per heavy atom. The quantitative estimate of drug-likeness (QED) is 0.891. The number of anilines is 1. The Hall–Kier alpha value is -1.65. The minimum absolute atomic E-state index is 0.205. The van der Waals surface area contributed by atoms with E-state index in [1.165, 1.54) is 6.07 Å². The van der Waals surface area contributed by atoms with Gasteiger partial charge in [0.15, 0.2) is 11.6 Å². The first-order valence-electron chi connectivity index (χ1n) is 6.56. The highest BCUT2D eigenvalue weighted by molar-refractivity contribution is 5.88. The molecule has 102 valence electrons. The second kappa shape index (κ2) is 4.47. The molecule has 0 amide bonds. The van der Waals surface area contributed by atoms with Crippen LogP contribution in [0.15, 0.2) is 12.1 Å². The number of nitrogens with zero attached hydrogens (tertiary/aromatic N) is 1. The van der Waals surface area contributed by atoms with E-state index in [2.05, 4.69) is 0 Å². The van der Waals surface area contributed by atoms with Gasteiger partial charge in [0.2, 0.25) is 0 Å². The fourth-order valence-electron chi connectivity index (χ4n) is 2.34. The topological polar surface area (TPSA) is 40.5 Å². The van der Waals surface area contributed by atoms with Crippen LogP contribution in [0.2, 0.25) is 0 Å². The first kappa shape index (κ1) is 12.4. The van der Waals surface area contributed by atoms with Crippen molar-refractivity contribution in [3.63, 3.8) is 0 Å². The number of rotatable bonds is 5. The molecule has 2 saturated carbocycles. The lowest BCUT2D eigenvalue weighted by molar-refractivity contribution is 0.0690. The Labute approximate surface area is 109 Å². The van der Waals surface area contributed by atoms with Gasteiger partial charge in [-0.3, -0.25) is 0 Å². The number of carboxylic acids is 1. The second-order valence-electron chi connectivity index (χ2n) is 5.39. The molecule has 3 rings (SSSR count). The Bertz CT molecular complexity index is 524. The van der Waals surface area contributed by atoms with Crippen LogP contribution in [0.4, 0.5) is 14.5 Å². The van der Waals surface area contributed by atoms with Crippen molar-refractivity contribution in [3.05, 3.63) is 29.3 Å². The summed E-state index contributed by atoms with van der Waals surface area (Å²) >= 11 is 0. The van der Waals surface area contributed by atoms with E-state index in [0.29, 0.717) is 5.92 Å². The molecule has 1 aromatic rings. The fourth-order valence-corrected chi connectivity index (χ4v) is 2.34. The Morgan fingerprint density at radius 3 is 2.42 bits per heavy atom. The Morgan fingerprint density at radius 2 is 1.89 bits per heavy atom. The summed E-state index contributed by atoms with van der Waals surface area (Å²) in [6.45, 7) is 0.743. The van der Waals surface area contributed by atoms with Gasteiger partial charge in [-0.2, -0.15) is 0 Å². The lowest BCUT2D eigenvalue weighted by Crippen LogP contribution is -2.29. The molecule has 0 heterocycles. The minimum Gasteiger partial charge on any atom is -0.478 e. The predicted molar refractivity (Wildman–Crippen MR) is 66.4 cm³/mol. The van der Waals surface area contributed by atoms with Crippen LogP contribution in [0.25, 0.3) is 0 Å². The van der Waals surface area contributed by atoms with Crippen LogP contribution in [0.5, 0.6) is 0 Å². The highest BCUT2D eigenvalue weighted by Crippen LogP contribution is 2.39. The van der Waals surface area contributed by atoms with E-state index in [9.17, 15) is 13.6 Å². The highest BCUT2D eigenvalue weighted by Gasteiger charge is 2.36. The zero-order valence-corrected chi connectivity index (χ0v) is 10.4. The van der Waals surface area contributed by atoms with E-state index in [1.54, 1.807) is 0 Å². The van der Waals surface area contributed by atoms with Gasteiger partial charge in [-0.05, 0) is 43.7 Å². The highest BCUT2D eigenvalue weighted by atomic mass is 19.2. The standard InChI is InChI=1S/C14H15F2NO2/c15-12-10(14(18)19)5-6-11(13(12)16)17(9-3-4-9)7-8-1-2-8/h5-6,8-9H,1-4,7H2,(H,18,19). The van der Waals surface area contributed by atoms with Crippen molar-refractivity contribution in [1.82, 2.24) is 0 Å². The van der Waals surface area contributed by atoms with Crippen molar-refractivity contribution in [2.24, 2.45) is 5.92 Å². The van der Waals surface area contributed by atoms with Crippen molar-refractivity contribution in [3.8, 4) is 0 Å². The summed E-state index contributed by atoms with van der Waals surface area (Å²) in [5.74, 6) is -3.16. The fraction of sp³-hybridized carbons (Fsp3) is 0.500. The average molecular weight is 267 g/mol. The molecule has 0 aliphatic heterocycles. The number of carboxylic acid groups (broad SMARTS) is 1. The van der Waals surface area contributed by atoms with Crippen molar-refractivity contribution >= 4 is 11.7 Å². The molecule has 19 heavy (non-hydrogen) atoms. The molecular formula is C14H15F2NO2. The molecule has 2 aliphatic carbocycles. The molecule has 1 aromatic carbocycles. The lowest BCUT2D eigenvalue weighted by Gasteiger charge is -2.25. The molecule has 0 atom stereocenters. The molecule has 0 radical (unpaired) electrons. The maximum atomic E-state index is 14.1. The number of hydrogen-bond donors (Lipinski definition) is 1. The molecule has 1 N–H and O–H groups in total. The summed E-state index contributed by atoms with van der Waals surface area (Å²) in [5.41, 5.74) is -0.402. The van der Waals surface area contributed by atoms with E-state index in [0.717, 1.165) is 38.3 Å².